The summed E-state index contributed by atoms with van der Waals surface area (Å²) in [4.78, 5) is 19.5. The second-order valence-electron chi connectivity index (χ2n) is 3.08. The second kappa shape index (κ2) is 6.06. The first-order valence-corrected chi connectivity index (χ1v) is 6.17. The Balaban J connectivity index is 2.86. The zero-order valence-corrected chi connectivity index (χ0v) is 11.0. The Kier molecular flexibility index (Phi) is 5.02. The maximum absolute atomic E-state index is 11.0. The normalized spacial score (nSPS) is 10.2. The van der Waals surface area contributed by atoms with Crippen LogP contribution in [0, 0.1) is 6.92 Å². The van der Waals surface area contributed by atoms with Crippen molar-refractivity contribution in [2.75, 3.05) is 12.9 Å². The van der Waals surface area contributed by atoms with Gasteiger partial charge in [0.05, 0.1) is 12.9 Å². The molecule has 0 saturated carbocycles. The Labute approximate surface area is 104 Å². The van der Waals surface area contributed by atoms with E-state index in [0.717, 1.165) is 10.6 Å². The number of rotatable bonds is 4. The lowest BCUT2D eigenvalue weighted by Crippen LogP contribution is -2.05. The van der Waals surface area contributed by atoms with Crippen LogP contribution in [-0.4, -0.2) is 28.8 Å². The molecule has 0 unspecified atom stereocenters. The molecule has 16 heavy (non-hydrogen) atoms. The Morgan fingerprint density at radius 1 is 1.50 bits per heavy atom. The number of carbonyl (C=O) groups is 1. The van der Waals surface area contributed by atoms with Gasteiger partial charge >= 0.3 is 5.97 Å². The average molecular weight is 261 g/mol. The zero-order chi connectivity index (χ0) is 12.1. The van der Waals surface area contributed by atoms with Gasteiger partial charge in [0.2, 0.25) is 0 Å². The van der Waals surface area contributed by atoms with Gasteiger partial charge in [-0.3, -0.25) is 4.79 Å². The van der Waals surface area contributed by atoms with Gasteiger partial charge in [-0.25, -0.2) is 9.97 Å². The van der Waals surface area contributed by atoms with E-state index in [-0.39, 0.29) is 11.7 Å². The Hall–Kier alpha value is -0.810. The monoisotopic (exact) mass is 260 g/mol. The fourth-order valence-electron chi connectivity index (χ4n) is 0.996. The van der Waals surface area contributed by atoms with Crippen molar-refractivity contribution in [3.05, 3.63) is 16.5 Å². The topological polar surface area (TPSA) is 52.1 Å². The number of carbonyl (C=O) groups excluding carboxylic acids is 1. The highest BCUT2D eigenvalue weighted by Crippen LogP contribution is 2.24. The number of aromatic nitrogens is 2. The van der Waals surface area contributed by atoms with E-state index in [0.29, 0.717) is 17.4 Å². The SMILES string of the molecule is CCc1nc(Cl)c(C)c(SCC(=O)OC)n1. The molecule has 0 amide bonds. The third-order valence-corrected chi connectivity index (χ3v) is 3.38. The molecule has 0 radical (unpaired) electrons. The van der Waals surface area contributed by atoms with Crippen LogP contribution < -0.4 is 0 Å². The first kappa shape index (κ1) is 13.3. The average Bonchev–Trinajstić information content (AvgIpc) is 2.30. The van der Waals surface area contributed by atoms with Crippen LogP contribution in [0.15, 0.2) is 5.03 Å². The lowest BCUT2D eigenvalue weighted by atomic mass is 10.3. The summed E-state index contributed by atoms with van der Waals surface area (Å²) in [7, 11) is 1.36. The fraction of sp³-hybridized carbons (Fsp3) is 0.500. The number of hydrogen-bond donors (Lipinski definition) is 0. The molecule has 0 fully saturated rings. The van der Waals surface area contributed by atoms with Crippen LogP contribution >= 0.6 is 23.4 Å². The van der Waals surface area contributed by atoms with E-state index in [1.54, 1.807) is 0 Å². The predicted octanol–water partition coefficient (Wildman–Crippen LogP) is 2.27. The van der Waals surface area contributed by atoms with Gasteiger partial charge in [0.25, 0.3) is 0 Å². The molecule has 0 saturated heterocycles. The number of methoxy groups -OCH3 is 1. The van der Waals surface area contributed by atoms with E-state index in [4.69, 9.17) is 11.6 Å². The largest absolute Gasteiger partial charge is 0.468 e. The van der Waals surface area contributed by atoms with Crippen molar-refractivity contribution in [2.45, 2.75) is 25.3 Å². The third-order valence-electron chi connectivity index (χ3n) is 1.96. The van der Waals surface area contributed by atoms with Gasteiger partial charge < -0.3 is 4.74 Å². The molecule has 0 spiro atoms. The van der Waals surface area contributed by atoms with E-state index in [2.05, 4.69) is 14.7 Å². The Morgan fingerprint density at radius 2 is 2.19 bits per heavy atom. The number of halogens is 1. The molecule has 0 N–H and O–H groups in total. The van der Waals surface area contributed by atoms with Crippen molar-refractivity contribution in [1.82, 2.24) is 9.97 Å². The van der Waals surface area contributed by atoms with Crippen LogP contribution in [0.1, 0.15) is 18.3 Å². The van der Waals surface area contributed by atoms with E-state index in [1.165, 1.54) is 18.9 Å². The van der Waals surface area contributed by atoms with Crippen molar-refractivity contribution >= 4 is 29.3 Å². The lowest BCUT2D eigenvalue weighted by Gasteiger charge is -2.07. The van der Waals surface area contributed by atoms with E-state index in [1.807, 2.05) is 13.8 Å². The highest BCUT2D eigenvalue weighted by molar-refractivity contribution is 7.99. The van der Waals surface area contributed by atoms with Gasteiger partial charge in [0, 0.05) is 12.0 Å². The molecule has 0 aliphatic heterocycles. The molecule has 4 nitrogen and oxygen atoms in total. The van der Waals surface area contributed by atoms with Gasteiger partial charge in [-0.05, 0) is 6.92 Å². The quantitative estimate of drug-likeness (QED) is 0.472. The number of esters is 1. The summed E-state index contributed by atoms with van der Waals surface area (Å²) in [5, 5.41) is 1.18. The van der Waals surface area contributed by atoms with E-state index < -0.39 is 0 Å². The zero-order valence-electron chi connectivity index (χ0n) is 9.41. The maximum atomic E-state index is 11.0. The summed E-state index contributed by atoms with van der Waals surface area (Å²) in [6, 6.07) is 0. The molecule has 0 aliphatic rings. The molecule has 88 valence electrons. The van der Waals surface area contributed by atoms with Crippen LogP contribution in [0.5, 0.6) is 0 Å². The molecule has 0 atom stereocenters. The summed E-state index contributed by atoms with van der Waals surface area (Å²) >= 11 is 7.28. The number of nitrogens with zero attached hydrogens (tertiary/aromatic N) is 2. The van der Waals surface area contributed by atoms with Gasteiger partial charge in [-0.2, -0.15) is 0 Å². The molecule has 1 aromatic rings. The van der Waals surface area contributed by atoms with E-state index in [9.17, 15) is 4.79 Å². The number of thioether (sulfide) groups is 1. The molecule has 1 heterocycles. The minimum absolute atomic E-state index is 0.230. The van der Waals surface area contributed by atoms with Gasteiger partial charge in [0.15, 0.2) is 0 Å². The van der Waals surface area contributed by atoms with Gasteiger partial charge in [-0.15, -0.1) is 0 Å². The van der Waals surface area contributed by atoms with Crippen molar-refractivity contribution < 1.29 is 9.53 Å². The smallest absolute Gasteiger partial charge is 0.316 e. The highest BCUT2D eigenvalue weighted by Gasteiger charge is 2.11. The standard InChI is InChI=1S/C10H13ClN2O2S/c1-4-7-12-9(11)6(2)10(13-7)16-5-8(14)15-3/h4-5H2,1-3H3. The highest BCUT2D eigenvalue weighted by atomic mass is 35.5. The van der Waals surface area contributed by atoms with Crippen molar-refractivity contribution in [3.8, 4) is 0 Å². The van der Waals surface area contributed by atoms with Crippen LogP contribution in [-0.2, 0) is 16.0 Å². The predicted molar refractivity (Wildman–Crippen MR) is 63.9 cm³/mol. The molecule has 0 aliphatic carbocycles. The summed E-state index contributed by atoms with van der Waals surface area (Å²) in [5.74, 6) is 0.633. The van der Waals surface area contributed by atoms with Crippen LogP contribution in [0.25, 0.3) is 0 Å². The fourth-order valence-corrected chi connectivity index (χ4v) is 2.09. The summed E-state index contributed by atoms with van der Waals surface area (Å²) in [5.41, 5.74) is 0.799. The minimum Gasteiger partial charge on any atom is -0.468 e. The number of aryl methyl sites for hydroxylation is 1. The Bertz CT molecular complexity index is 399. The third kappa shape index (κ3) is 3.35. The van der Waals surface area contributed by atoms with Gasteiger partial charge in [-0.1, -0.05) is 30.3 Å². The van der Waals surface area contributed by atoms with E-state index >= 15 is 0 Å². The van der Waals surface area contributed by atoms with Gasteiger partial charge in [0.1, 0.15) is 16.0 Å². The number of ether oxygens (including phenoxy) is 1. The molecule has 1 aromatic heterocycles. The molecular formula is C10H13ClN2O2S. The Morgan fingerprint density at radius 3 is 2.75 bits per heavy atom. The summed E-state index contributed by atoms with van der Waals surface area (Å²) in [6.45, 7) is 3.79. The van der Waals surface area contributed by atoms with Crippen LogP contribution in [0.3, 0.4) is 0 Å². The maximum Gasteiger partial charge on any atom is 0.316 e. The minimum atomic E-state index is -0.280. The molecule has 0 bridgehead atoms. The molecular weight excluding hydrogens is 248 g/mol. The van der Waals surface area contributed by atoms with Crippen LogP contribution in [0.4, 0.5) is 0 Å². The first-order chi connectivity index (χ1) is 7.58. The first-order valence-electron chi connectivity index (χ1n) is 4.81. The summed E-state index contributed by atoms with van der Waals surface area (Å²) < 4.78 is 4.56. The molecule has 0 aromatic carbocycles. The second-order valence-corrected chi connectivity index (χ2v) is 4.40. The lowest BCUT2D eigenvalue weighted by molar-refractivity contribution is -0.137. The van der Waals surface area contributed by atoms with Crippen molar-refractivity contribution in [1.29, 1.82) is 0 Å². The summed E-state index contributed by atoms with van der Waals surface area (Å²) in [6.07, 6.45) is 0.714. The van der Waals surface area contributed by atoms with Crippen molar-refractivity contribution in [2.24, 2.45) is 0 Å². The van der Waals surface area contributed by atoms with Crippen LogP contribution in [0.2, 0.25) is 5.15 Å². The molecule has 1 rings (SSSR count). The van der Waals surface area contributed by atoms with Crippen molar-refractivity contribution in [3.63, 3.8) is 0 Å². The molecule has 6 heteroatoms. The number of hydrogen-bond acceptors (Lipinski definition) is 5.